The molecule has 2 aromatic rings. The Morgan fingerprint density at radius 3 is 2.59 bits per heavy atom. The van der Waals surface area contributed by atoms with Gasteiger partial charge in [0.05, 0.1) is 7.11 Å². The van der Waals surface area contributed by atoms with Crippen LogP contribution in [-0.4, -0.2) is 22.3 Å². The van der Waals surface area contributed by atoms with Gasteiger partial charge in [-0.2, -0.15) is 0 Å². The molecule has 0 N–H and O–H groups in total. The molecule has 88 valence electrons. The van der Waals surface area contributed by atoms with Crippen LogP contribution in [-0.2, 0) is 0 Å². The van der Waals surface area contributed by atoms with Crippen molar-refractivity contribution in [3.8, 4) is 17.0 Å². The Hall–Kier alpha value is -1.68. The maximum Gasteiger partial charge on any atom is 0.159 e. The van der Waals surface area contributed by atoms with Gasteiger partial charge < -0.3 is 4.74 Å². The van der Waals surface area contributed by atoms with Gasteiger partial charge in [0.2, 0.25) is 0 Å². The van der Waals surface area contributed by atoms with Crippen LogP contribution in [0.15, 0.2) is 18.5 Å². The first-order valence-electron chi connectivity index (χ1n) is 5.13. The fraction of sp³-hybridized carbons (Fsp3) is 0.250. The third-order valence-corrected chi connectivity index (χ3v) is 3.06. The minimum atomic E-state index is 0.354. The summed E-state index contributed by atoms with van der Waals surface area (Å²) in [6, 6.07) is 3.81. The second kappa shape index (κ2) is 4.67. The highest BCUT2D eigenvalue weighted by Gasteiger charge is 2.13. The smallest absolute Gasteiger partial charge is 0.159 e. The highest BCUT2D eigenvalue weighted by Crippen LogP contribution is 2.32. The monoisotopic (exact) mass is 249 g/mol. The first-order valence-corrected chi connectivity index (χ1v) is 5.50. The highest BCUT2D eigenvalue weighted by molar-refractivity contribution is 6.31. The number of hydrogen-bond donors (Lipinski definition) is 0. The number of benzene rings is 1. The molecule has 5 heteroatoms. The molecule has 1 aromatic heterocycles. The Balaban J connectivity index is 2.62. The quantitative estimate of drug-likeness (QED) is 0.821. The van der Waals surface area contributed by atoms with Crippen LogP contribution >= 0.6 is 11.6 Å². The van der Waals surface area contributed by atoms with Crippen molar-refractivity contribution in [1.29, 1.82) is 0 Å². The van der Waals surface area contributed by atoms with Crippen LogP contribution in [0.25, 0.3) is 11.3 Å². The van der Waals surface area contributed by atoms with Crippen LogP contribution < -0.4 is 4.74 Å². The van der Waals surface area contributed by atoms with Crippen LogP contribution in [0.1, 0.15) is 11.1 Å². The van der Waals surface area contributed by atoms with Crippen molar-refractivity contribution in [3.05, 3.63) is 34.7 Å². The molecule has 4 nitrogen and oxygen atoms in total. The Bertz CT molecular complexity index is 557. The lowest BCUT2D eigenvalue weighted by molar-refractivity contribution is 0.411. The Kier molecular flexibility index (Phi) is 3.24. The van der Waals surface area contributed by atoms with Gasteiger partial charge in [0, 0.05) is 5.56 Å². The molecule has 0 bridgehead atoms. The lowest BCUT2D eigenvalue weighted by atomic mass is 10.0. The van der Waals surface area contributed by atoms with E-state index in [9.17, 15) is 0 Å². The molecular formula is C12H12ClN3O. The number of nitrogens with zero attached hydrogens (tertiary/aromatic N) is 3. The van der Waals surface area contributed by atoms with Gasteiger partial charge in [-0.3, -0.25) is 0 Å². The van der Waals surface area contributed by atoms with Crippen molar-refractivity contribution in [1.82, 2.24) is 15.2 Å². The average Bonchev–Trinajstić information content (AvgIpc) is 2.34. The predicted molar refractivity (Wildman–Crippen MR) is 66.3 cm³/mol. The van der Waals surface area contributed by atoms with Crippen LogP contribution in [0, 0.1) is 13.8 Å². The standard InChI is InChI=1S/C12H12ClN3O/c1-7-8(2)10(17-3)5-4-9(7)11-12(13)14-6-15-16-11/h4-6H,1-3H3. The van der Waals surface area contributed by atoms with Crippen LogP contribution in [0.4, 0.5) is 0 Å². The van der Waals surface area contributed by atoms with E-state index in [4.69, 9.17) is 16.3 Å². The molecule has 0 saturated heterocycles. The highest BCUT2D eigenvalue weighted by atomic mass is 35.5. The number of rotatable bonds is 2. The van der Waals surface area contributed by atoms with Gasteiger partial charge in [-0.05, 0) is 37.1 Å². The zero-order chi connectivity index (χ0) is 12.4. The van der Waals surface area contributed by atoms with E-state index >= 15 is 0 Å². The molecular weight excluding hydrogens is 238 g/mol. The molecule has 0 aliphatic rings. The van der Waals surface area contributed by atoms with Crippen LogP contribution in [0.5, 0.6) is 5.75 Å². The first-order chi connectivity index (χ1) is 8.15. The Morgan fingerprint density at radius 1 is 1.18 bits per heavy atom. The molecule has 0 atom stereocenters. The van der Waals surface area contributed by atoms with Gasteiger partial charge in [0.25, 0.3) is 0 Å². The van der Waals surface area contributed by atoms with Crippen LogP contribution in [0.3, 0.4) is 0 Å². The molecule has 0 radical (unpaired) electrons. The number of halogens is 1. The summed E-state index contributed by atoms with van der Waals surface area (Å²) < 4.78 is 5.26. The Morgan fingerprint density at radius 2 is 1.94 bits per heavy atom. The molecule has 0 saturated carbocycles. The van der Waals surface area contributed by atoms with E-state index in [1.807, 2.05) is 26.0 Å². The molecule has 0 aliphatic heterocycles. The van der Waals surface area contributed by atoms with E-state index in [0.717, 1.165) is 22.4 Å². The summed E-state index contributed by atoms with van der Waals surface area (Å²) in [5, 5.41) is 8.13. The van der Waals surface area contributed by atoms with Gasteiger partial charge in [-0.15, -0.1) is 10.2 Å². The Labute approximate surface area is 105 Å². The lowest BCUT2D eigenvalue weighted by Gasteiger charge is -2.12. The van der Waals surface area contributed by atoms with E-state index in [2.05, 4.69) is 15.2 Å². The second-order valence-electron chi connectivity index (χ2n) is 3.66. The molecule has 1 heterocycles. The number of aromatic nitrogens is 3. The molecule has 0 aliphatic carbocycles. The SMILES string of the molecule is COc1ccc(-c2nncnc2Cl)c(C)c1C. The normalized spacial score (nSPS) is 10.4. The van der Waals surface area contributed by atoms with Gasteiger partial charge in [-0.25, -0.2) is 4.98 Å². The number of hydrogen-bond acceptors (Lipinski definition) is 4. The average molecular weight is 250 g/mol. The van der Waals surface area contributed by atoms with Crippen molar-refractivity contribution in [2.24, 2.45) is 0 Å². The van der Waals surface area contributed by atoms with E-state index < -0.39 is 0 Å². The summed E-state index contributed by atoms with van der Waals surface area (Å²) in [5.74, 6) is 0.847. The van der Waals surface area contributed by atoms with Crippen molar-refractivity contribution in [2.75, 3.05) is 7.11 Å². The summed E-state index contributed by atoms with van der Waals surface area (Å²) >= 11 is 6.01. The third kappa shape index (κ3) is 2.08. The van der Waals surface area contributed by atoms with E-state index in [0.29, 0.717) is 10.8 Å². The van der Waals surface area contributed by atoms with E-state index in [1.165, 1.54) is 6.33 Å². The first kappa shape index (κ1) is 11.8. The van der Waals surface area contributed by atoms with Crippen molar-refractivity contribution in [3.63, 3.8) is 0 Å². The second-order valence-corrected chi connectivity index (χ2v) is 4.02. The van der Waals surface area contributed by atoms with Gasteiger partial charge in [-0.1, -0.05) is 11.6 Å². The lowest BCUT2D eigenvalue weighted by Crippen LogP contribution is -1.97. The summed E-state index contributed by atoms with van der Waals surface area (Å²) in [6.07, 6.45) is 1.33. The van der Waals surface area contributed by atoms with Crippen molar-refractivity contribution >= 4 is 11.6 Å². The summed E-state index contributed by atoms with van der Waals surface area (Å²) in [7, 11) is 1.65. The molecule has 17 heavy (non-hydrogen) atoms. The molecule has 0 amide bonds. The number of ether oxygens (including phenoxy) is 1. The summed E-state index contributed by atoms with van der Waals surface area (Å²) in [6.45, 7) is 3.99. The summed E-state index contributed by atoms with van der Waals surface area (Å²) in [4.78, 5) is 3.93. The molecule has 1 aromatic carbocycles. The zero-order valence-corrected chi connectivity index (χ0v) is 10.6. The topological polar surface area (TPSA) is 47.9 Å². The van der Waals surface area contributed by atoms with Crippen LogP contribution in [0.2, 0.25) is 5.15 Å². The third-order valence-electron chi connectivity index (χ3n) is 2.79. The van der Waals surface area contributed by atoms with E-state index in [1.54, 1.807) is 7.11 Å². The summed E-state index contributed by atoms with van der Waals surface area (Å²) in [5.41, 5.74) is 3.64. The minimum Gasteiger partial charge on any atom is -0.496 e. The largest absolute Gasteiger partial charge is 0.496 e. The zero-order valence-electron chi connectivity index (χ0n) is 9.86. The molecule has 0 spiro atoms. The van der Waals surface area contributed by atoms with Gasteiger partial charge in [0.1, 0.15) is 17.8 Å². The fourth-order valence-corrected chi connectivity index (χ4v) is 1.88. The minimum absolute atomic E-state index is 0.354. The van der Waals surface area contributed by atoms with Gasteiger partial charge in [0.15, 0.2) is 5.15 Å². The fourth-order valence-electron chi connectivity index (χ4n) is 1.70. The molecule has 0 unspecified atom stereocenters. The van der Waals surface area contributed by atoms with Crippen molar-refractivity contribution in [2.45, 2.75) is 13.8 Å². The van der Waals surface area contributed by atoms with Gasteiger partial charge >= 0.3 is 0 Å². The number of methoxy groups -OCH3 is 1. The maximum atomic E-state index is 6.01. The molecule has 2 rings (SSSR count). The predicted octanol–water partition coefficient (Wildman–Crippen LogP) is 2.82. The van der Waals surface area contributed by atoms with Crippen molar-refractivity contribution < 1.29 is 4.74 Å². The molecule has 0 fully saturated rings. The maximum absolute atomic E-state index is 6.01. The van der Waals surface area contributed by atoms with E-state index in [-0.39, 0.29) is 0 Å².